The van der Waals surface area contributed by atoms with Gasteiger partial charge in [0.15, 0.2) is 0 Å². The van der Waals surface area contributed by atoms with Crippen molar-refractivity contribution in [1.82, 2.24) is 10.2 Å². The predicted molar refractivity (Wildman–Crippen MR) is 201 cm³/mol. The molecule has 0 bridgehead atoms. The van der Waals surface area contributed by atoms with E-state index in [0.29, 0.717) is 47.7 Å². The number of fused-ring (bicyclic) bond motifs is 1. The summed E-state index contributed by atoms with van der Waals surface area (Å²) in [5.41, 5.74) is 2.37. The fraction of sp³-hybridized carbons (Fsp3) is 0.256. The van der Waals surface area contributed by atoms with Gasteiger partial charge in [-0.15, -0.1) is 23.1 Å². The highest BCUT2D eigenvalue weighted by Crippen LogP contribution is 2.38. The Morgan fingerprint density at radius 1 is 1.00 bits per heavy atom. The monoisotopic (exact) mass is 721 g/mol. The summed E-state index contributed by atoms with van der Waals surface area (Å²) in [5.74, 6) is -1.18. The molecule has 0 aliphatic carbocycles. The maximum atomic E-state index is 13.6. The van der Waals surface area contributed by atoms with Crippen molar-refractivity contribution in [3.63, 3.8) is 0 Å². The fourth-order valence-corrected chi connectivity index (χ4v) is 7.50. The largest absolute Gasteiger partial charge is 0.444 e. The van der Waals surface area contributed by atoms with Crippen LogP contribution in [0.4, 0.5) is 15.5 Å². The number of ether oxygens (including phenoxy) is 1. The molecule has 0 radical (unpaired) electrons. The summed E-state index contributed by atoms with van der Waals surface area (Å²) < 4.78 is 5.53. The summed E-state index contributed by atoms with van der Waals surface area (Å²) in [4.78, 5) is 56.0. The van der Waals surface area contributed by atoms with Crippen LogP contribution in [-0.4, -0.2) is 46.1 Å². The molecule has 4 aromatic rings. The zero-order valence-corrected chi connectivity index (χ0v) is 30.5. The van der Waals surface area contributed by atoms with Crippen LogP contribution in [0.2, 0.25) is 0 Å². The number of nitrogens with one attached hydrogen (secondary N) is 3. The lowest BCUT2D eigenvalue weighted by Crippen LogP contribution is -2.39. The van der Waals surface area contributed by atoms with Crippen LogP contribution in [0.3, 0.4) is 0 Å². The molecular weight excluding hydrogens is 683 g/mol. The highest BCUT2D eigenvalue weighted by atomic mass is 32.2. The molecular formula is C39H39N5O5S2. The molecule has 12 heteroatoms. The second kappa shape index (κ2) is 16.6. The van der Waals surface area contributed by atoms with Gasteiger partial charge in [-0.05, 0) is 81.1 Å². The van der Waals surface area contributed by atoms with E-state index in [9.17, 15) is 24.4 Å². The fourth-order valence-electron chi connectivity index (χ4n) is 5.28. The molecule has 51 heavy (non-hydrogen) atoms. The molecule has 10 nitrogen and oxygen atoms in total. The van der Waals surface area contributed by atoms with E-state index >= 15 is 0 Å². The topological polar surface area (TPSA) is 141 Å². The Labute approximate surface area is 305 Å². The third-order valence-corrected chi connectivity index (χ3v) is 10.2. The summed E-state index contributed by atoms with van der Waals surface area (Å²) in [5, 5.41) is 18.6. The molecule has 1 aromatic heterocycles. The second-order valence-electron chi connectivity index (χ2n) is 12.7. The first-order chi connectivity index (χ1) is 24.4. The van der Waals surface area contributed by atoms with Crippen LogP contribution in [0.1, 0.15) is 66.0 Å². The lowest BCUT2D eigenvalue weighted by atomic mass is 10.0. The minimum atomic E-state index is -0.621. The Morgan fingerprint density at radius 3 is 2.37 bits per heavy atom. The second-order valence-corrected chi connectivity index (χ2v) is 15.1. The zero-order chi connectivity index (χ0) is 36.5. The van der Waals surface area contributed by atoms with Crippen LogP contribution in [0.15, 0.2) is 95.5 Å². The lowest BCUT2D eigenvalue weighted by molar-refractivity contribution is -0.116. The van der Waals surface area contributed by atoms with Gasteiger partial charge in [0.2, 0.25) is 5.91 Å². The van der Waals surface area contributed by atoms with Gasteiger partial charge in [-0.3, -0.25) is 14.4 Å². The van der Waals surface area contributed by atoms with Gasteiger partial charge in [-0.2, -0.15) is 5.26 Å². The number of carbonyl (C=O) groups is 4. The van der Waals surface area contributed by atoms with Gasteiger partial charge in [-0.1, -0.05) is 61.5 Å². The number of thiophene rings is 1. The summed E-state index contributed by atoms with van der Waals surface area (Å²) in [6.45, 7) is 8.08. The van der Waals surface area contributed by atoms with Crippen LogP contribution >= 0.6 is 23.1 Å². The van der Waals surface area contributed by atoms with Crippen molar-refractivity contribution in [1.29, 1.82) is 5.26 Å². The third-order valence-electron chi connectivity index (χ3n) is 7.73. The van der Waals surface area contributed by atoms with Gasteiger partial charge in [0.1, 0.15) is 22.4 Å². The minimum absolute atomic E-state index is 0.0695. The van der Waals surface area contributed by atoms with Gasteiger partial charge in [0, 0.05) is 27.6 Å². The number of thioether (sulfide) groups is 1. The summed E-state index contributed by atoms with van der Waals surface area (Å²) in [6, 6.07) is 27.3. The zero-order valence-electron chi connectivity index (χ0n) is 28.8. The first kappa shape index (κ1) is 36.9. The van der Waals surface area contributed by atoms with E-state index in [2.05, 4.69) is 22.0 Å². The molecule has 1 atom stereocenters. The molecule has 262 valence electrons. The Kier molecular flexibility index (Phi) is 12.0. The number of hydrogen-bond donors (Lipinski definition) is 3. The lowest BCUT2D eigenvalue weighted by Gasteiger charge is -2.29. The molecule has 1 aliphatic rings. The van der Waals surface area contributed by atoms with Crippen molar-refractivity contribution in [3.8, 4) is 6.07 Å². The molecule has 3 aromatic carbocycles. The maximum absolute atomic E-state index is 13.6. The van der Waals surface area contributed by atoms with Crippen LogP contribution < -0.4 is 16.0 Å². The molecule has 0 spiro atoms. The first-order valence-corrected chi connectivity index (χ1v) is 18.2. The number of nitrogens with zero attached hydrogens (tertiary/aromatic N) is 2. The third kappa shape index (κ3) is 9.87. The SMILES string of the molecule is CCC(Sc1cccc(NC(=O)/C(=C/c2ccccc2)NC(=O)c2ccccc2)c1)C(=O)Nc1sc2c(c1C#N)CCN(C(=O)OC(C)(C)C)C2. The van der Waals surface area contributed by atoms with Crippen molar-refractivity contribution < 1.29 is 23.9 Å². The first-order valence-electron chi connectivity index (χ1n) is 16.5. The highest BCUT2D eigenvalue weighted by Gasteiger charge is 2.31. The molecule has 1 aliphatic heterocycles. The summed E-state index contributed by atoms with van der Waals surface area (Å²) in [7, 11) is 0. The molecule has 3 N–H and O–H groups in total. The van der Waals surface area contributed by atoms with E-state index < -0.39 is 28.8 Å². The Hall–Kier alpha value is -5.38. The number of nitriles is 1. The van der Waals surface area contributed by atoms with E-state index in [0.717, 1.165) is 20.9 Å². The average Bonchev–Trinajstić information content (AvgIpc) is 3.46. The predicted octanol–water partition coefficient (Wildman–Crippen LogP) is 7.83. The van der Waals surface area contributed by atoms with Crippen molar-refractivity contribution in [2.24, 2.45) is 0 Å². The Bertz CT molecular complexity index is 1980. The van der Waals surface area contributed by atoms with E-state index in [1.807, 2.05) is 70.2 Å². The van der Waals surface area contributed by atoms with E-state index in [1.54, 1.807) is 53.4 Å². The smallest absolute Gasteiger partial charge is 0.410 e. The molecule has 0 saturated carbocycles. The van der Waals surface area contributed by atoms with Crippen molar-refractivity contribution in [2.75, 3.05) is 17.2 Å². The quantitative estimate of drug-likeness (QED) is 0.112. The molecule has 5 rings (SSSR count). The van der Waals surface area contributed by atoms with Gasteiger partial charge < -0.3 is 25.6 Å². The molecule has 0 fully saturated rings. The van der Waals surface area contributed by atoms with Crippen LogP contribution in [-0.2, 0) is 27.3 Å². The maximum Gasteiger partial charge on any atom is 0.410 e. The number of anilines is 2. The summed E-state index contributed by atoms with van der Waals surface area (Å²) >= 11 is 2.65. The molecule has 4 amide bonds. The average molecular weight is 722 g/mol. The van der Waals surface area contributed by atoms with Crippen molar-refractivity contribution >= 4 is 63.7 Å². The van der Waals surface area contributed by atoms with Crippen LogP contribution in [0.5, 0.6) is 0 Å². The van der Waals surface area contributed by atoms with Crippen molar-refractivity contribution in [2.45, 2.75) is 62.8 Å². The van der Waals surface area contributed by atoms with Gasteiger partial charge in [-0.25, -0.2) is 4.79 Å². The van der Waals surface area contributed by atoms with Gasteiger partial charge >= 0.3 is 6.09 Å². The van der Waals surface area contributed by atoms with Gasteiger partial charge in [0.05, 0.1) is 17.4 Å². The number of benzene rings is 3. The Morgan fingerprint density at radius 2 is 1.71 bits per heavy atom. The minimum Gasteiger partial charge on any atom is -0.444 e. The van der Waals surface area contributed by atoms with E-state index in [-0.39, 0.29) is 11.6 Å². The van der Waals surface area contributed by atoms with E-state index in [1.165, 1.54) is 23.1 Å². The van der Waals surface area contributed by atoms with Crippen LogP contribution in [0, 0.1) is 11.3 Å². The number of carbonyl (C=O) groups excluding carboxylic acids is 4. The van der Waals surface area contributed by atoms with E-state index in [4.69, 9.17) is 4.74 Å². The number of rotatable bonds is 10. The number of hydrogen-bond acceptors (Lipinski definition) is 8. The molecule has 1 unspecified atom stereocenters. The number of amides is 4. The normalized spacial score (nSPS) is 13.3. The molecule has 0 saturated heterocycles. The molecule has 2 heterocycles. The Balaban J connectivity index is 1.27. The van der Waals surface area contributed by atoms with Gasteiger partial charge in [0.25, 0.3) is 11.8 Å². The van der Waals surface area contributed by atoms with Crippen molar-refractivity contribution in [3.05, 3.63) is 118 Å². The van der Waals surface area contributed by atoms with Crippen LogP contribution in [0.25, 0.3) is 6.08 Å². The summed E-state index contributed by atoms with van der Waals surface area (Å²) in [6.07, 6.45) is 2.19. The standard InChI is InChI=1S/C39H39N5O5S2/c1-5-32(36(47)43-37-30(23-40)29-19-20-44(24-33(29)51-37)38(48)49-39(2,3)4)50-28-18-12-17-27(22-28)41-35(46)31(21-25-13-8-6-9-14-25)42-34(45)26-15-10-7-11-16-26/h6-18,21-22,32H,5,19-20,24H2,1-4H3,(H,41,46)(H,42,45)(H,43,47)/b31-21-. The highest BCUT2D eigenvalue weighted by molar-refractivity contribution is 8.00.